The first-order valence-corrected chi connectivity index (χ1v) is 6.11. The first-order chi connectivity index (χ1) is 9.69. The molecule has 0 aliphatic heterocycles. The average Bonchev–Trinajstić information content (AvgIpc) is 2.84. The summed E-state index contributed by atoms with van der Waals surface area (Å²) in [5, 5.41) is 0. The molecule has 0 aliphatic carbocycles. The third kappa shape index (κ3) is 2.16. The van der Waals surface area contributed by atoms with Gasteiger partial charge in [0.05, 0.1) is 11.0 Å². The second-order valence-electron chi connectivity index (χ2n) is 4.43. The van der Waals surface area contributed by atoms with E-state index in [1.165, 1.54) is 0 Å². The molecule has 0 spiro atoms. The van der Waals surface area contributed by atoms with Crippen LogP contribution in [0.25, 0.3) is 11.0 Å². The van der Waals surface area contributed by atoms with Crippen LogP contribution < -0.4 is 0 Å². The van der Waals surface area contributed by atoms with Crippen molar-refractivity contribution in [3.8, 4) is 0 Å². The van der Waals surface area contributed by atoms with Gasteiger partial charge in [0.15, 0.2) is 11.6 Å². The van der Waals surface area contributed by atoms with Gasteiger partial charge in [-0.3, -0.25) is 0 Å². The molecule has 1 atom stereocenters. The molecule has 0 amide bonds. The van der Waals surface area contributed by atoms with Crippen molar-refractivity contribution in [1.29, 1.82) is 0 Å². The maximum Gasteiger partial charge on any atom is 0.161 e. The molecular weight excluding hydrogens is 262 g/mol. The number of nitrogens with zero attached hydrogens (tertiary/aromatic N) is 1. The first kappa shape index (κ1) is 12.7. The summed E-state index contributed by atoms with van der Waals surface area (Å²) in [6.07, 6.45) is -0.408. The molecule has 0 saturated carbocycles. The van der Waals surface area contributed by atoms with Crippen LogP contribution in [0, 0.1) is 11.6 Å². The number of aromatic amines is 1. The lowest BCUT2D eigenvalue weighted by Crippen LogP contribution is -2.05. The highest BCUT2D eigenvalue weighted by Gasteiger charge is 2.18. The second kappa shape index (κ2) is 5.02. The van der Waals surface area contributed by atoms with Gasteiger partial charge in [-0.15, -0.1) is 0 Å². The monoisotopic (exact) mass is 274 g/mol. The molecule has 1 aromatic heterocycles. The van der Waals surface area contributed by atoms with Gasteiger partial charge < -0.3 is 9.72 Å². The van der Waals surface area contributed by atoms with Gasteiger partial charge in [-0.25, -0.2) is 13.8 Å². The third-order valence-electron chi connectivity index (χ3n) is 3.13. The maximum absolute atomic E-state index is 13.2. The van der Waals surface area contributed by atoms with E-state index in [0.717, 1.165) is 17.7 Å². The SMILES string of the molecule is CO[C@H](c1ccccc1)c1nc2cc(F)c(F)cc2[nH]1. The zero-order valence-corrected chi connectivity index (χ0v) is 10.7. The van der Waals surface area contributed by atoms with E-state index in [9.17, 15) is 8.78 Å². The van der Waals surface area contributed by atoms with Crippen LogP contribution in [0.3, 0.4) is 0 Å². The van der Waals surface area contributed by atoms with Crippen LogP contribution in [-0.4, -0.2) is 17.1 Å². The smallest absolute Gasteiger partial charge is 0.161 e. The Hall–Kier alpha value is -2.27. The lowest BCUT2D eigenvalue weighted by Gasteiger charge is -2.12. The van der Waals surface area contributed by atoms with Crippen molar-refractivity contribution >= 4 is 11.0 Å². The van der Waals surface area contributed by atoms with Gasteiger partial charge in [0.1, 0.15) is 11.9 Å². The predicted molar refractivity (Wildman–Crippen MR) is 71.3 cm³/mol. The summed E-state index contributed by atoms with van der Waals surface area (Å²) in [5.41, 5.74) is 1.73. The van der Waals surface area contributed by atoms with Crippen molar-refractivity contribution in [2.45, 2.75) is 6.10 Å². The Morgan fingerprint density at radius 1 is 1.10 bits per heavy atom. The highest BCUT2D eigenvalue weighted by atomic mass is 19.2. The number of methoxy groups -OCH3 is 1. The van der Waals surface area contributed by atoms with E-state index in [-0.39, 0.29) is 0 Å². The van der Waals surface area contributed by atoms with Gasteiger partial charge >= 0.3 is 0 Å². The molecule has 3 nitrogen and oxygen atoms in total. The van der Waals surface area contributed by atoms with Crippen molar-refractivity contribution in [1.82, 2.24) is 9.97 Å². The largest absolute Gasteiger partial charge is 0.369 e. The number of hydrogen-bond acceptors (Lipinski definition) is 2. The van der Waals surface area contributed by atoms with E-state index in [1.54, 1.807) is 7.11 Å². The van der Waals surface area contributed by atoms with Gasteiger partial charge in [-0.1, -0.05) is 30.3 Å². The van der Waals surface area contributed by atoms with Crippen LogP contribution in [0.2, 0.25) is 0 Å². The summed E-state index contributed by atoms with van der Waals surface area (Å²) in [7, 11) is 1.56. The second-order valence-corrected chi connectivity index (χ2v) is 4.43. The Morgan fingerprint density at radius 2 is 1.80 bits per heavy atom. The number of fused-ring (bicyclic) bond motifs is 1. The fourth-order valence-corrected chi connectivity index (χ4v) is 2.18. The van der Waals surface area contributed by atoms with Crippen LogP contribution in [0.1, 0.15) is 17.5 Å². The molecule has 0 radical (unpaired) electrons. The van der Waals surface area contributed by atoms with Gasteiger partial charge in [0, 0.05) is 19.2 Å². The number of ether oxygens (including phenoxy) is 1. The van der Waals surface area contributed by atoms with Gasteiger partial charge in [-0.05, 0) is 5.56 Å². The molecule has 20 heavy (non-hydrogen) atoms. The van der Waals surface area contributed by atoms with Crippen molar-refractivity contribution in [3.63, 3.8) is 0 Å². The maximum atomic E-state index is 13.2. The minimum atomic E-state index is -0.913. The van der Waals surface area contributed by atoms with Gasteiger partial charge in [0.25, 0.3) is 0 Å². The number of aromatic nitrogens is 2. The summed E-state index contributed by atoms with van der Waals surface area (Å²) in [6, 6.07) is 11.7. The molecule has 5 heteroatoms. The molecule has 0 saturated heterocycles. The molecule has 0 unspecified atom stereocenters. The van der Waals surface area contributed by atoms with E-state index in [1.807, 2.05) is 30.3 Å². The predicted octanol–water partition coefficient (Wildman–Crippen LogP) is 3.58. The highest BCUT2D eigenvalue weighted by molar-refractivity contribution is 5.75. The Morgan fingerprint density at radius 3 is 2.50 bits per heavy atom. The van der Waals surface area contributed by atoms with Gasteiger partial charge in [-0.2, -0.15) is 0 Å². The van der Waals surface area contributed by atoms with Crippen molar-refractivity contribution in [2.24, 2.45) is 0 Å². The number of hydrogen-bond donors (Lipinski definition) is 1. The van der Waals surface area contributed by atoms with E-state index < -0.39 is 17.7 Å². The molecule has 2 aromatic carbocycles. The third-order valence-corrected chi connectivity index (χ3v) is 3.13. The number of nitrogens with one attached hydrogen (secondary N) is 1. The van der Waals surface area contributed by atoms with E-state index in [2.05, 4.69) is 9.97 Å². The summed E-state index contributed by atoms with van der Waals surface area (Å²) < 4.78 is 31.8. The summed E-state index contributed by atoms with van der Waals surface area (Å²) in [5.74, 6) is -1.30. The van der Waals surface area contributed by atoms with Crippen molar-refractivity contribution in [3.05, 3.63) is 65.5 Å². The molecule has 3 aromatic rings. The molecule has 102 valence electrons. The summed E-state index contributed by atoms with van der Waals surface area (Å²) in [6.45, 7) is 0. The van der Waals surface area contributed by atoms with Crippen LogP contribution >= 0.6 is 0 Å². The first-order valence-electron chi connectivity index (χ1n) is 6.11. The number of halogens is 2. The normalized spacial score (nSPS) is 12.8. The average molecular weight is 274 g/mol. The van der Waals surface area contributed by atoms with Crippen molar-refractivity contribution in [2.75, 3.05) is 7.11 Å². The molecule has 0 fully saturated rings. The fraction of sp³-hybridized carbons (Fsp3) is 0.133. The molecular formula is C15H12F2N2O. The molecule has 3 rings (SSSR count). The molecule has 1 N–H and O–H groups in total. The zero-order valence-electron chi connectivity index (χ0n) is 10.7. The quantitative estimate of drug-likeness (QED) is 0.792. The Kier molecular flexibility index (Phi) is 3.20. The Labute approximate surface area is 114 Å². The topological polar surface area (TPSA) is 37.9 Å². The van der Waals surface area contributed by atoms with Crippen LogP contribution in [-0.2, 0) is 4.74 Å². The molecule has 1 heterocycles. The Bertz CT molecular complexity index is 701. The molecule has 0 aliphatic rings. The van der Waals surface area contributed by atoms with Crippen LogP contribution in [0.4, 0.5) is 8.78 Å². The highest BCUT2D eigenvalue weighted by Crippen LogP contribution is 2.26. The lowest BCUT2D eigenvalue weighted by molar-refractivity contribution is 0.130. The van der Waals surface area contributed by atoms with E-state index in [4.69, 9.17) is 4.74 Å². The molecule has 0 bridgehead atoms. The van der Waals surface area contributed by atoms with Crippen LogP contribution in [0.5, 0.6) is 0 Å². The number of H-pyrrole nitrogens is 1. The van der Waals surface area contributed by atoms with Crippen molar-refractivity contribution < 1.29 is 13.5 Å². The number of imidazole rings is 1. The number of benzene rings is 2. The summed E-state index contributed by atoms with van der Waals surface area (Å²) >= 11 is 0. The Balaban J connectivity index is 2.09. The minimum Gasteiger partial charge on any atom is -0.369 e. The number of rotatable bonds is 3. The zero-order chi connectivity index (χ0) is 14.1. The minimum absolute atomic E-state index is 0.372. The standard InChI is InChI=1S/C15H12F2N2O/c1-20-14(9-5-3-2-4-6-9)15-18-12-7-10(16)11(17)8-13(12)19-15/h2-8,14H,1H3,(H,18,19)/t14-/m1/s1. The fourth-order valence-electron chi connectivity index (χ4n) is 2.18. The van der Waals surface area contributed by atoms with Gasteiger partial charge in [0.2, 0.25) is 0 Å². The van der Waals surface area contributed by atoms with E-state index >= 15 is 0 Å². The van der Waals surface area contributed by atoms with E-state index in [0.29, 0.717) is 16.9 Å². The lowest BCUT2D eigenvalue weighted by atomic mass is 10.1. The summed E-state index contributed by atoms with van der Waals surface area (Å²) in [4.78, 5) is 7.25. The van der Waals surface area contributed by atoms with Crippen LogP contribution in [0.15, 0.2) is 42.5 Å².